The molecule has 116 valence electrons. The summed E-state index contributed by atoms with van der Waals surface area (Å²) < 4.78 is 24.4. The molecule has 1 aromatic carbocycles. The summed E-state index contributed by atoms with van der Waals surface area (Å²) in [5.41, 5.74) is 0.463. The number of thioether (sulfide) groups is 1. The van der Waals surface area contributed by atoms with Crippen LogP contribution >= 0.6 is 11.8 Å². The Morgan fingerprint density at radius 1 is 1.33 bits per heavy atom. The maximum Gasteiger partial charge on any atom is 0.288 e. The molecule has 1 saturated carbocycles. The molecule has 2 rings (SSSR count). The highest BCUT2D eigenvalue weighted by Crippen LogP contribution is 2.25. The molecule has 21 heavy (non-hydrogen) atoms. The van der Waals surface area contributed by atoms with Gasteiger partial charge in [0.1, 0.15) is 0 Å². The monoisotopic (exact) mass is 315 g/mol. The minimum absolute atomic E-state index is 0.205. The predicted octanol–water partition coefficient (Wildman–Crippen LogP) is 3.28. The molecule has 2 N–H and O–H groups in total. The quantitative estimate of drug-likeness (QED) is 0.820. The van der Waals surface area contributed by atoms with Crippen molar-refractivity contribution in [1.29, 1.82) is 0 Å². The van der Waals surface area contributed by atoms with Crippen molar-refractivity contribution in [3.63, 3.8) is 0 Å². The lowest BCUT2D eigenvalue weighted by molar-refractivity contribution is 0.0874. The fourth-order valence-corrected chi connectivity index (χ4v) is 3.07. The van der Waals surface area contributed by atoms with Gasteiger partial charge in [0, 0.05) is 17.0 Å². The zero-order chi connectivity index (χ0) is 15.2. The van der Waals surface area contributed by atoms with Crippen molar-refractivity contribution in [2.45, 2.75) is 42.4 Å². The Bertz CT molecular complexity index is 467. The third-order valence-electron chi connectivity index (χ3n) is 3.65. The van der Waals surface area contributed by atoms with E-state index < -0.39 is 5.76 Å². The Morgan fingerprint density at radius 3 is 2.67 bits per heavy atom. The van der Waals surface area contributed by atoms with Crippen LogP contribution in [0.5, 0.6) is 0 Å². The van der Waals surface area contributed by atoms with Crippen LogP contribution in [0.4, 0.5) is 8.78 Å². The minimum atomic E-state index is -2.46. The zero-order valence-electron chi connectivity index (χ0n) is 11.6. The van der Waals surface area contributed by atoms with Gasteiger partial charge in [-0.25, -0.2) is 0 Å². The molecular weight excluding hydrogens is 296 g/mol. The maximum atomic E-state index is 12.2. The molecule has 0 radical (unpaired) electrons. The molecule has 1 aliphatic carbocycles. The number of hydrogen-bond donors (Lipinski definition) is 2. The van der Waals surface area contributed by atoms with Crippen LogP contribution in [-0.2, 0) is 0 Å². The first-order chi connectivity index (χ1) is 10.0. The van der Waals surface area contributed by atoms with Gasteiger partial charge in [0.05, 0.1) is 6.10 Å². The van der Waals surface area contributed by atoms with Crippen molar-refractivity contribution in [1.82, 2.24) is 5.32 Å². The molecule has 0 saturated heterocycles. The predicted molar refractivity (Wildman–Crippen MR) is 78.6 cm³/mol. The van der Waals surface area contributed by atoms with Crippen molar-refractivity contribution in [2.24, 2.45) is 5.92 Å². The van der Waals surface area contributed by atoms with E-state index in [2.05, 4.69) is 5.32 Å². The van der Waals surface area contributed by atoms with E-state index in [4.69, 9.17) is 0 Å². The Hall–Kier alpha value is -1.14. The first kappa shape index (κ1) is 16.2. The standard InChI is InChI=1S/C15H19F2NO2S/c16-15(17)21-13-6-4-11(5-7-13)14(20)18-9-10-2-1-3-12(19)8-10/h4-7,10,12,15,19H,1-3,8-9H2,(H,18,20). The molecule has 3 nitrogen and oxygen atoms in total. The summed E-state index contributed by atoms with van der Waals surface area (Å²) in [7, 11) is 0. The van der Waals surface area contributed by atoms with E-state index in [1.54, 1.807) is 12.1 Å². The first-order valence-electron chi connectivity index (χ1n) is 7.05. The molecular formula is C15H19F2NO2S. The van der Waals surface area contributed by atoms with Gasteiger partial charge in [0.15, 0.2) is 0 Å². The lowest BCUT2D eigenvalue weighted by Gasteiger charge is -2.25. The van der Waals surface area contributed by atoms with Gasteiger partial charge in [-0.3, -0.25) is 4.79 Å². The van der Waals surface area contributed by atoms with Crippen LogP contribution < -0.4 is 5.32 Å². The Balaban J connectivity index is 1.82. The number of amides is 1. The summed E-state index contributed by atoms with van der Waals surface area (Å²) in [6.45, 7) is 0.545. The molecule has 1 aromatic rings. The zero-order valence-corrected chi connectivity index (χ0v) is 12.4. The van der Waals surface area contributed by atoms with E-state index in [-0.39, 0.29) is 12.0 Å². The molecule has 1 fully saturated rings. The fraction of sp³-hybridized carbons (Fsp3) is 0.533. The van der Waals surface area contributed by atoms with E-state index in [0.717, 1.165) is 25.7 Å². The van der Waals surface area contributed by atoms with Gasteiger partial charge in [-0.2, -0.15) is 8.78 Å². The average molecular weight is 315 g/mol. The summed E-state index contributed by atoms with van der Waals surface area (Å²) in [6, 6.07) is 6.15. The third-order valence-corrected chi connectivity index (χ3v) is 4.37. The summed E-state index contributed by atoms with van der Waals surface area (Å²) in [6.07, 6.45) is 3.31. The second-order valence-corrected chi connectivity index (χ2v) is 6.36. The number of carbonyl (C=O) groups is 1. The largest absolute Gasteiger partial charge is 0.393 e. The van der Waals surface area contributed by atoms with Crippen LogP contribution in [0.25, 0.3) is 0 Å². The molecule has 1 aliphatic rings. The lowest BCUT2D eigenvalue weighted by atomic mass is 9.87. The molecule has 0 heterocycles. The van der Waals surface area contributed by atoms with Crippen LogP contribution in [0, 0.1) is 5.92 Å². The van der Waals surface area contributed by atoms with Crippen molar-refractivity contribution >= 4 is 17.7 Å². The summed E-state index contributed by atoms with van der Waals surface area (Å²) in [4.78, 5) is 12.4. The average Bonchev–Trinajstić information content (AvgIpc) is 2.45. The van der Waals surface area contributed by atoms with Crippen molar-refractivity contribution < 1.29 is 18.7 Å². The number of rotatable bonds is 5. The SMILES string of the molecule is O=C(NCC1CCCC(O)C1)c1ccc(SC(F)F)cc1. The molecule has 0 bridgehead atoms. The first-order valence-corrected chi connectivity index (χ1v) is 7.93. The Kier molecular flexibility index (Phi) is 5.99. The molecule has 0 aliphatic heterocycles. The van der Waals surface area contributed by atoms with Crippen molar-refractivity contribution in [3.05, 3.63) is 29.8 Å². The van der Waals surface area contributed by atoms with E-state index in [1.807, 2.05) is 0 Å². The van der Waals surface area contributed by atoms with Crippen molar-refractivity contribution in [2.75, 3.05) is 6.54 Å². The topological polar surface area (TPSA) is 49.3 Å². The van der Waals surface area contributed by atoms with Crippen LogP contribution in [0.15, 0.2) is 29.2 Å². The maximum absolute atomic E-state index is 12.2. The second-order valence-electron chi connectivity index (χ2n) is 5.30. The van der Waals surface area contributed by atoms with E-state index in [0.29, 0.717) is 34.7 Å². The molecule has 0 aromatic heterocycles. The number of nitrogens with one attached hydrogen (secondary N) is 1. The molecule has 6 heteroatoms. The van der Waals surface area contributed by atoms with Gasteiger partial charge in [-0.15, -0.1) is 0 Å². The molecule has 2 unspecified atom stereocenters. The van der Waals surface area contributed by atoms with Crippen LogP contribution in [0.3, 0.4) is 0 Å². The summed E-state index contributed by atoms with van der Waals surface area (Å²) in [5.74, 6) is -2.35. The number of carbonyl (C=O) groups excluding carboxylic acids is 1. The van der Waals surface area contributed by atoms with E-state index in [9.17, 15) is 18.7 Å². The number of aliphatic hydroxyl groups excluding tert-OH is 1. The minimum Gasteiger partial charge on any atom is -0.393 e. The number of alkyl halides is 2. The third kappa shape index (κ3) is 5.28. The highest BCUT2D eigenvalue weighted by atomic mass is 32.2. The fourth-order valence-electron chi connectivity index (χ4n) is 2.57. The molecule has 1 amide bonds. The van der Waals surface area contributed by atoms with Gasteiger partial charge in [-0.1, -0.05) is 18.2 Å². The summed E-state index contributed by atoms with van der Waals surface area (Å²) in [5, 5.41) is 12.4. The number of benzene rings is 1. The van der Waals surface area contributed by atoms with Gasteiger partial charge in [-0.05, 0) is 49.4 Å². The van der Waals surface area contributed by atoms with E-state index >= 15 is 0 Å². The number of aliphatic hydroxyl groups is 1. The smallest absolute Gasteiger partial charge is 0.288 e. The van der Waals surface area contributed by atoms with Gasteiger partial charge in [0.2, 0.25) is 0 Å². The van der Waals surface area contributed by atoms with Crippen molar-refractivity contribution in [3.8, 4) is 0 Å². The Labute approximate surface area is 127 Å². The summed E-state index contributed by atoms with van der Waals surface area (Å²) >= 11 is 0.462. The molecule has 0 spiro atoms. The number of hydrogen-bond acceptors (Lipinski definition) is 3. The van der Waals surface area contributed by atoms with Gasteiger partial charge < -0.3 is 10.4 Å². The number of halogens is 2. The highest BCUT2D eigenvalue weighted by Gasteiger charge is 2.20. The van der Waals surface area contributed by atoms with Crippen LogP contribution in [0.2, 0.25) is 0 Å². The lowest BCUT2D eigenvalue weighted by Crippen LogP contribution is -2.32. The van der Waals surface area contributed by atoms with Gasteiger partial charge >= 0.3 is 0 Å². The van der Waals surface area contributed by atoms with Crippen LogP contribution in [-0.4, -0.2) is 29.4 Å². The van der Waals surface area contributed by atoms with E-state index in [1.165, 1.54) is 12.1 Å². The normalized spacial score (nSPS) is 22.3. The highest BCUT2D eigenvalue weighted by molar-refractivity contribution is 7.99. The van der Waals surface area contributed by atoms with Gasteiger partial charge in [0.25, 0.3) is 11.7 Å². The second kappa shape index (κ2) is 7.75. The van der Waals surface area contributed by atoms with Crippen LogP contribution in [0.1, 0.15) is 36.0 Å². The Morgan fingerprint density at radius 2 is 2.05 bits per heavy atom. The molecule has 2 atom stereocenters.